The van der Waals surface area contributed by atoms with Crippen molar-refractivity contribution in [3.8, 4) is 5.69 Å². The maximum atomic E-state index is 10.8. The van der Waals surface area contributed by atoms with E-state index in [0.717, 1.165) is 11.3 Å². The molecule has 2 aromatic rings. The maximum Gasteiger partial charge on any atom is 0.143 e. The second-order valence-electron chi connectivity index (χ2n) is 3.97. The van der Waals surface area contributed by atoms with Crippen LogP contribution >= 0.6 is 0 Å². The first kappa shape index (κ1) is 11.9. The van der Waals surface area contributed by atoms with Gasteiger partial charge in [-0.15, -0.1) is 0 Å². The summed E-state index contributed by atoms with van der Waals surface area (Å²) in [6, 6.07) is 7.82. The van der Waals surface area contributed by atoms with Crippen molar-refractivity contribution < 1.29 is 8.42 Å². The van der Waals surface area contributed by atoms with Crippen molar-refractivity contribution in [3.05, 3.63) is 48.5 Å². The van der Waals surface area contributed by atoms with Gasteiger partial charge in [0.1, 0.15) is 10.7 Å². The number of imidazole rings is 1. The first-order valence-corrected chi connectivity index (χ1v) is 6.62. The van der Waals surface area contributed by atoms with Gasteiger partial charge in [0.15, 0.2) is 0 Å². The molecule has 0 amide bonds. The highest BCUT2D eigenvalue weighted by molar-refractivity contribution is 7.73. The summed E-state index contributed by atoms with van der Waals surface area (Å²) in [5.41, 5.74) is 2.05. The molecule has 0 fully saturated rings. The molecule has 5 heteroatoms. The number of aromatic nitrogens is 2. The quantitative estimate of drug-likeness (QED) is 0.835. The molecule has 0 spiro atoms. The average molecular weight is 250 g/mol. The van der Waals surface area contributed by atoms with Crippen LogP contribution in [-0.2, 0) is 17.1 Å². The fourth-order valence-electron chi connectivity index (χ4n) is 1.63. The van der Waals surface area contributed by atoms with Crippen LogP contribution in [0.3, 0.4) is 0 Å². The van der Waals surface area contributed by atoms with E-state index in [0.29, 0.717) is 6.42 Å². The number of hydrogen-bond acceptors (Lipinski definition) is 3. The summed E-state index contributed by atoms with van der Waals surface area (Å²) in [5, 5.41) is -0.316. The molecular weight excluding hydrogens is 236 g/mol. The molecule has 1 heterocycles. The lowest BCUT2D eigenvalue weighted by molar-refractivity contribution is 0.602. The highest BCUT2D eigenvalue weighted by Crippen LogP contribution is 2.11. The maximum absolute atomic E-state index is 10.8. The van der Waals surface area contributed by atoms with E-state index in [9.17, 15) is 8.42 Å². The minimum atomic E-state index is -2.34. The molecule has 0 saturated carbocycles. The van der Waals surface area contributed by atoms with Crippen molar-refractivity contribution in [2.75, 3.05) is 0 Å². The van der Waals surface area contributed by atoms with Gasteiger partial charge in [-0.1, -0.05) is 12.1 Å². The Morgan fingerprint density at radius 3 is 2.53 bits per heavy atom. The molecule has 17 heavy (non-hydrogen) atoms. The molecule has 1 atom stereocenters. The van der Waals surface area contributed by atoms with Gasteiger partial charge in [-0.3, -0.25) is 0 Å². The van der Waals surface area contributed by atoms with Crippen molar-refractivity contribution in [2.45, 2.75) is 18.6 Å². The van der Waals surface area contributed by atoms with E-state index >= 15 is 0 Å². The Bertz CT molecular complexity index is 536. The molecule has 0 bridgehead atoms. The van der Waals surface area contributed by atoms with Crippen LogP contribution in [0.25, 0.3) is 5.69 Å². The van der Waals surface area contributed by atoms with Crippen molar-refractivity contribution >= 4 is 10.7 Å². The highest BCUT2D eigenvalue weighted by Gasteiger charge is 2.05. The van der Waals surface area contributed by atoms with Crippen LogP contribution in [0.1, 0.15) is 12.5 Å². The second kappa shape index (κ2) is 5.14. The van der Waals surface area contributed by atoms with E-state index in [4.69, 9.17) is 0 Å². The van der Waals surface area contributed by atoms with Crippen LogP contribution in [0.4, 0.5) is 0 Å². The molecule has 0 saturated heterocycles. The van der Waals surface area contributed by atoms with Gasteiger partial charge in [-0.2, -0.15) is 0 Å². The molecule has 90 valence electrons. The first-order valence-electron chi connectivity index (χ1n) is 5.37. The predicted octanol–water partition coefficient (Wildman–Crippen LogP) is 1.41. The number of rotatable bonds is 4. The zero-order chi connectivity index (χ0) is 12.3. The molecule has 1 unspecified atom stereocenters. The third-order valence-corrected chi connectivity index (χ3v) is 3.53. The Balaban J connectivity index is 2.13. The molecule has 0 aliphatic rings. The Labute approximate surface area is 102 Å². The molecule has 1 aromatic carbocycles. The van der Waals surface area contributed by atoms with E-state index in [1.807, 2.05) is 35.0 Å². The minimum Gasteiger partial charge on any atom is -0.306 e. The zero-order valence-corrected chi connectivity index (χ0v) is 10.4. The average Bonchev–Trinajstić information content (AvgIpc) is 2.83. The van der Waals surface area contributed by atoms with E-state index in [1.165, 1.54) is 0 Å². The first-order chi connectivity index (χ1) is 8.16. The van der Waals surface area contributed by atoms with Gasteiger partial charge >= 0.3 is 0 Å². The third-order valence-electron chi connectivity index (χ3n) is 2.63. The van der Waals surface area contributed by atoms with Gasteiger partial charge in [0, 0.05) is 18.1 Å². The van der Waals surface area contributed by atoms with Gasteiger partial charge in [-0.05, 0) is 31.0 Å². The lowest BCUT2D eigenvalue weighted by Crippen LogP contribution is -2.07. The molecule has 0 aliphatic heterocycles. The number of benzene rings is 1. The van der Waals surface area contributed by atoms with Crippen LogP contribution in [-0.4, -0.2) is 23.2 Å². The lowest BCUT2D eigenvalue weighted by Gasteiger charge is -2.06. The fraction of sp³-hybridized carbons (Fsp3) is 0.250. The van der Waals surface area contributed by atoms with Crippen LogP contribution < -0.4 is 0 Å². The van der Waals surface area contributed by atoms with E-state index < -0.39 is 10.7 Å². The summed E-state index contributed by atoms with van der Waals surface area (Å²) < 4.78 is 23.5. The van der Waals surface area contributed by atoms with Gasteiger partial charge in [0.2, 0.25) is 0 Å². The Morgan fingerprint density at radius 2 is 2.00 bits per heavy atom. The van der Waals surface area contributed by atoms with Crippen LogP contribution in [0.2, 0.25) is 0 Å². The van der Waals surface area contributed by atoms with Crippen LogP contribution in [0.15, 0.2) is 43.0 Å². The second-order valence-corrected chi connectivity index (χ2v) is 5.43. The van der Waals surface area contributed by atoms with Gasteiger partial charge < -0.3 is 4.57 Å². The van der Waals surface area contributed by atoms with Gasteiger partial charge in [0.25, 0.3) is 0 Å². The standard InChI is InChI=1S/C12H14N2O2S/c1-10(17(15)16)8-11-2-4-12(5-3-11)14-7-6-13-9-14/h2-7,9-10,17H,8H2,1H3. The van der Waals surface area contributed by atoms with Crippen molar-refractivity contribution in [1.82, 2.24) is 9.55 Å². The molecule has 0 N–H and O–H groups in total. The van der Waals surface area contributed by atoms with Crippen LogP contribution in [0.5, 0.6) is 0 Å². The largest absolute Gasteiger partial charge is 0.306 e. The molecular formula is C12H14N2O2S. The molecule has 0 radical (unpaired) electrons. The summed E-state index contributed by atoms with van der Waals surface area (Å²) in [7, 11) is -2.34. The molecule has 0 aliphatic carbocycles. The summed E-state index contributed by atoms with van der Waals surface area (Å²) in [6.07, 6.45) is 5.87. The van der Waals surface area contributed by atoms with Gasteiger partial charge in [0.05, 0.1) is 11.6 Å². The number of nitrogens with zero attached hydrogens (tertiary/aromatic N) is 2. The van der Waals surface area contributed by atoms with Crippen molar-refractivity contribution in [3.63, 3.8) is 0 Å². The topological polar surface area (TPSA) is 52.0 Å². The smallest absolute Gasteiger partial charge is 0.143 e. The normalized spacial score (nSPS) is 12.8. The molecule has 1 aromatic heterocycles. The summed E-state index contributed by atoms with van der Waals surface area (Å²) in [5.74, 6) is 0. The third kappa shape index (κ3) is 2.94. The van der Waals surface area contributed by atoms with Crippen LogP contribution in [0, 0.1) is 0 Å². The zero-order valence-electron chi connectivity index (χ0n) is 9.48. The Morgan fingerprint density at radius 1 is 1.29 bits per heavy atom. The lowest BCUT2D eigenvalue weighted by atomic mass is 10.1. The van der Waals surface area contributed by atoms with Crippen molar-refractivity contribution in [2.24, 2.45) is 0 Å². The summed E-state index contributed by atoms with van der Waals surface area (Å²) in [4.78, 5) is 3.98. The van der Waals surface area contributed by atoms with E-state index in [1.54, 1.807) is 19.4 Å². The van der Waals surface area contributed by atoms with E-state index in [-0.39, 0.29) is 5.25 Å². The number of thiol groups is 1. The predicted molar refractivity (Wildman–Crippen MR) is 67.0 cm³/mol. The molecule has 2 rings (SSSR count). The molecule has 4 nitrogen and oxygen atoms in total. The Kier molecular flexibility index (Phi) is 3.58. The highest BCUT2D eigenvalue weighted by atomic mass is 32.2. The fourth-order valence-corrected chi connectivity index (χ4v) is 1.99. The minimum absolute atomic E-state index is 0.316. The van der Waals surface area contributed by atoms with Gasteiger partial charge in [-0.25, -0.2) is 13.4 Å². The monoisotopic (exact) mass is 250 g/mol. The van der Waals surface area contributed by atoms with E-state index in [2.05, 4.69) is 4.98 Å². The summed E-state index contributed by atoms with van der Waals surface area (Å²) in [6.45, 7) is 1.72. The Hall–Kier alpha value is -1.62. The summed E-state index contributed by atoms with van der Waals surface area (Å²) >= 11 is 0. The number of hydrogen-bond donors (Lipinski definition) is 1. The van der Waals surface area contributed by atoms with Crippen molar-refractivity contribution in [1.29, 1.82) is 0 Å². The SMILES string of the molecule is CC(Cc1ccc(-n2ccnc2)cc1)[SH](=O)=O.